The van der Waals surface area contributed by atoms with Crippen LogP contribution in [0.3, 0.4) is 0 Å². The average molecular weight is 417 g/mol. The molecule has 2 aromatic carbocycles. The number of aryl methyl sites for hydroxylation is 2. The molecule has 0 aliphatic heterocycles. The lowest BCUT2D eigenvalue weighted by Gasteiger charge is -2.29. The minimum absolute atomic E-state index is 0.0241. The first-order valence-corrected chi connectivity index (χ1v) is 11.4. The molecule has 0 aliphatic carbocycles. The van der Waals surface area contributed by atoms with E-state index in [1.807, 2.05) is 47.6 Å². The molecule has 29 heavy (non-hydrogen) atoms. The molecule has 0 bridgehead atoms. The van der Waals surface area contributed by atoms with Gasteiger partial charge < -0.3 is 5.32 Å². The summed E-state index contributed by atoms with van der Waals surface area (Å²) in [6, 6.07) is 13.8. The van der Waals surface area contributed by atoms with Gasteiger partial charge in [-0.25, -0.2) is 8.42 Å². The summed E-state index contributed by atoms with van der Waals surface area (Å²) in [4.78, 5) is 13.0. The van der Waals surface area contributed by atoms with Gasteiger partial charge in [0.15, 0.2) is 0 Å². The summed E-state index contributed by atoms with van der Waals surface area (Å²) in [5.41, 5.74) is 2.38. The first-order valence-electron chi connectivity index (χ1n) is 9.98. The van der Waals surface area contributed by atoms with Crippen LogP contribution in [0.15, 0.2) is 53.4 Å². The van der Waals surface area contributed by atoms with E-state index in [9.17, 15) is 13.2 Å². The van der Waals surface area contributed by atoms with Gasteiger partial charge in [-0.2, -0.15) is 0 Å². The maximum atomic E-state index is 13.4. The molecule has 1 N–H and O–H groups in total. The van der Waals surface area contributed by atoms with Gasteiger partial charge in [0.05, 0.1) is 10.6 Å². The lowest BCUT2D eigenvalue weighted by atomic mass is 9.93. The number of nitrogens with zero attached hydrogens (tertiary/aromatic N) is 1. The Morgan fingerprint density at radius 2 is 1.52 bits per heavy atom. The molecule has 0 atom stereocenters. The molecule has 158 valence electrons. The number of hydrogen-bond acceptors (Lipinski definition) is 3. The fraction of sp³-hybridized carbons (Fsp3) is 0.435. The molecule has 6 heteroatoms. The van der Waals surface area contributed by atoms with Crippen LogP contribution in [0.5, 0.6) is 0 Å². The minimum atomic E-state index is -3.89. The summed E-state index contributed by atoms with van der Waals surface area (Å²) < 4.78 is 28.0. The maximum absolute atomic E-state index is 13.4. The van der Waals surface area contributed by atoms with Gasteiger partial charge in [0.1, 0.15) is 6.54 Å². The fourth-order valence-corrected chi connectivity index (χ4v) is 4.81. The summed E-state index contributed by atoms with van der Waals surface area (Å²) in [6.07, 6.45) is 0. The minimum Gasteiger partial charge on any atom is -0.351 e. The second-order valence-corrected chi connectivity index (χ2v) is 10.1. The predicted octanol–water partition coefficient (Wildman–Crippen LogP) is 4.30. The number of nitrogens with one attached hydrogen (secondary N) is 1. The molecule has 5 nitrogen and oxygen atoms in total. The molecule has 1 amide bonds. The van der Waals surface area contributed by atoms with Crippen molar-refractivity contribution in [1.82, 2.24) is 5.32 Å². The fourth-order valence-electron chi connectivity index (χ4n) is 3.40. The third-order valence-electron chi connectivity index (χ3n) is 4.95. The van der Waals surface area contributed by atoms with Crippen LogP contribution in [0.4, 0.5) is 5.69 Å². The van der Waals surface area contributed by atoms with Crippen LogP contribution in [-0.4, -0.2) is 26.9 Å². The maximum Gasteiger partial charge on any atom is 0.264 e. The van der Waals surface area contributed by atoms with Gasteiger partial charge in [-0.1, -0.05) is 57.5 Å². The highest BCUT2D eigenvalue weighted by Crippen LogP contribution is 2.25. The molecule has 0 saturated heterocycles. The van der Waals surface area contributed by atoms with E-state index in [0.29, 0.717) is 5.69 Å². The standard InChI is InChI=1S/C23H32N2O3S/c1-16(2)23(17(3)4)24-22(26)15-25(20-9-7-8-19(6)14-20)29(27,28)21-12-10-18(5)11-13-21/h7-14,16-17,23H,15H2,1-6H3,(H,24,26). The molecule has 0 saturated carbocycles. The molecule has 2 rings (SSSR count). The third-order valence-corrected chi connectivity index (χ3v) is 6.74. The largest absolute Gasteiger partial charge is 0.351 e. The van der Waals surface area contributed by atoms with Crippen LogP contribution >= 0.6 is 0 Å². The van der Waals surface area contributed by atoms with E-state index in [-0.39, 0.29) is 35.2 Å². The monoisotopic (exact) mass is 416 g/mol. The lowest BCUT2D eigenvalue weighted by Crippen LogP contribution is -2.47. The van der Waals surface area contributed by atoms with Crippen LogP contribution in [0.25, 0.3) is 0 Å². The third kappa shape index (κ3) is 5.82. The zero-order chi connectivity index (χ0) is 21.8. The van der Waals surface area contributed by atoms with Crippen LogP contribution in [0.1, 0.15) is 38.8 Å². The van der Waals surface area contributed by atoms with Crippen LogP contribution < -0.4 is 9.62 Å². The molecular weight excluding hydrogens is 384 g/mol. The Morgan fingerprint density at radius 1 is 0.931 bits per heavy atom. The molecule has 0 heterocycles. The first kappa shape index (κ1) is 22.9. The van der Waals surface area contributed by atoms with E-state index in [0.717, 1.165) is 11.1 Å². The van der Waals surface area contributed by atoms with E-state index in [2.05, 4.69) is 5.32 Å². The van der Waals surface area contributed by atoms with Crippen LogP contribution in [-0.2, 0) is 14.8 Å². The van der Waals surface area contributed by atoms with Crippen molar-refractivity contribution in [2.24, 2.45) is 11.8 Å². The van der Waals surface area contributed by atoms with Crippen molar-refractivity contribution in [2.45, 2.75) is 52.5 Å². The highest BCUT2D eigenvalue weighted by Gasteiger charge is 2.29. The van der Waals surface area contributed by atoms with Gasteiger partial charge in [0, 0.05) is 6.04 Å². The van der Waals surface area contributed by atoms with Gasteiger partial charge in [-0.15, -0.1) is 0 Å². The number of sulfonamides is 1. The van der Waals surface area contributed by atoms with Gasteiger partial charge in [0.2, 0.25) is 5.91 Å². The highest BCUT2D eigenvalue weighted by atomic mass is 32.2. The van der Waals surface area contributed by atoms with Crippen molar-refractivity contribution < 1.29 is 13.2 Å². The summed E-state index contributed by atoms with van der Waals surface area (Å²) >= 11 is 0. The van der Waals surface area contributed by atoms with Gasteiger partial charge in [-0.05, 0) is 55.5 Å². The molecule has 0 fully saturated rings. The lowest BCUT2D eigenvalue weighted by molar-refractivity contribution is -0.121. The van der Waals surface area contributed by atoms with E-state index in [1.165, 1.54) is 4.31 Å². The van der Waals surface area contributed by atoms with Gasteiger partial charge >= 0.3 is 0 Å². The molecule has 2 aromatic rings. The van der Waals surface area contributed by atoms with Crippen molar-refractivity contribution in [2.75, 3.05) is 10.8 Å². The number of rotatable bonds is 8. The molecule has 0 unspecified atom stereocenters. The second kappa shape index (κ2) is 9.44. The van der Waals surface area contributed by atoms with Crippen molar-refractivity contribution >= 4 is 21.6 Å². The Balaban J connectivity index is 2.41. The SMILES string of the molecule is Cc1ccc(S(=O)(=O)N(CC(=O)NC(C(C)C)C(C)C)c2cccc(C)c2)cc1. The molecule has 0 aromatic heterocycles. The van der Waals surface area contributed by atoms with Crippen molar-refractivity contribution in [3.05, 3.63) is 59.7 Å². The zero-order valence-corrected chi connectivity index (χ0v) is 19.0. The number of anilines is 1. The second-order valence-electron chi connectivity index (χ2n) is 8.25. The number of hydrogen-bond donors (Lipinski definition) is 1. The van der Waals surface area contributed by atoms with Crippen molar-refractivity contribution in [3.8, 4) is 0 Å². The molecule has 0 aliphatic rings. The highest BCUT2D eigenvalue weighted by molar-refractivity contribution is 7.92. The summed E-state index contributed by atoms with van der Waals surface area (Å²) in [5.74, 6) is 0.190. The Kier molecular flexibility index (Phi) is 7.47. The number of benzene rings is 2. The van der Waals surface area contributed by atoms with Crippen molar-refractivity contribution in [1.29, 1.82) is 0 Å². The molecular formula is C23H32N2O3S. The normalized spacial score (nSPS) is 11.9. The Bertz CT molecular complexity index is 927. The van der Waals surface area contributed by atoms with E-state index in [4.69, 9.17) is 0 Å². The Hall–Kier alpha value is -2.34. The Labute approximate surface area is 175 Å². The summed E-state index contributed by atoms with van der Waals surface area (Å²) in [5, 5.41) is 3.02. The Morgan fingerprint density at radius 3 is 2.03 bits per heavy atom. The predicted molar refractivity (Wildman–Crippen MR) is 118 cm³/mol. The number of carbonyl (C=O) groups excluding carboxylic acids is 1. The van der Waals surface area contributed by atoms with Crippen molar-refractivity contribution in [3.63, 3.8) is 0 Å². The molecule has 0 radical (unpaired) electrons. The van der Waals surface area contributed by atoms with Crippen LogP contribution in [0, 0.1) is 25.7 Å². The van der Waals surface area contributed by atoms with Crippen LogP contribution in [0.2, 0.25) is 0 Å². The molecule has 0 spiro atoms. The number of carbonyl (C=O) groups is 1. The van der Waals surface area contributed by atoms with E-state index >= 15 is 0 Å². The zero-order valence-electron chi connectivity index (χ0n) is 18.1. The first-order chi connectivity index (χ1) is 13.5. The van der Waals surface area contributed by atoms with Gasteiger partial charge in [0.25, 0.3) is 10.0 Å². The van der Waals surface area contributed by atoms with Gasteiger partial charge in [-0.3, -0.25) is 9.10 Å². The topological polar surface area (TPSA) is 66.5 Å². The number of amides is 1. The average Bonchev–Trinajstić information content (AvgIpc) is 2.64. The summed E-state index contributed by atoms with van der Waals surface area (Å²) in [6.45, 7) is 11.7. The van der Waals surface area contributed by atoms with E-state index in [1.54, 1.807) is 42.5 Å². The smallest absolute Gasteiger partial charge is 0.264 e. The quantitative estimate of drug-likeness (QED) is 0.698. The summed E-state index contributed by atoms with van der Waals surface area (Å²) in [7, 11) is -3.89. The van der Waals surface area contributed by atoms with E-state index < -0.39 is 10.0 Å².